The van der Waals surface area contributed by atoms with Gasteiger partial charge in [-0.15, -0.1) is 0 Å². The second kappa shape index (κ2) is 5.49. The molecule has 2 aromatic rings. The Kier molecular flexibility index (Phi) is 3.66. The molecule has 1 aliphatic rings. The molecule has 3 nitrogen and oxygen atoms in total. The zero-order chi connectivity index (χ0) is 15.6. The monoisotopic (exact) mass is 292 g/mol. The average molecular weight is 292 g/mol. The zero-order valence-electron chi connectivity index (χ0n) is 12.0. The van der Waals surface area contributed by atoms with Gasteiger partial charge >= 0.3 is 129 Å². The first kappa shape index (κ1) is 14.7. The van der Waals surface area contributed by atoms with E-state index in [1.165, 1.54) is 12.5 Å². The molecule has 0 bridgehead atoms. The van der Waals surface area contributed by atoms with Crippen LogP contribution in [0.2, 0.25) is 0 Å². The molecule has 1 atom stereocenters. The molecule has 0 amide bonds. The Morgan fingerprint density at radius 2 is 2.09 bits per heavy atom. The fraction of sp³-hybridized carbons (Fsp3) is 0.294. The van der Waals surface area contributed by atoms with Gasteiger partial charge in [-0.1, -0.05) is 0 Å². The van der Waals surface area contributed by atoms with Gasteiger partial charge in [0, 0.05) is 0 Å². The first-order valence-electron chi connectivity index (χ1n) is 7.03. The van der Waals surface area contributed by atoms with Gasteiger partial charge in [0.1, 0.15) is 0 Å². The topological polar surface area (TPSA) is 38.0 Å². The van der Waals surface area contributed by atoms with E-state index in [4.69, 9.17) is 7.33 Å². The van der Waals surface area contributed by atoms with Crippen molar-refractivity contribution < 1.29 is 9.50 Å². The number of aromatic nitrogens is 2. The molecule has 0 aliphatic heterocycles. The molecule has 1 aromatic carbocycles. The van der Waals surface area contributed by atoms with Crippen molar-refractivity contribution in [1.82, 2.24) is 9.55 Å². The van der Waals surface area contributed by atoms with Crippen LogP contribution in [0.5, 0.6) is 0 Å². The molecule has 1 aliphatic carbocycles. The SMILES string of the molecule is B#Cc1cncn1CC(O)(C#Cc1ccccc1)C1(F)CC1. The third kappa shape index (κ3) is 2.72. The van der Waals surface area contributed by atoms with E-state index in [1.807, 2.05) is 30.3 Å². The van der Waals surface area contributed by atoms with Gasteiger partial charge < -0.3 is 0 Å². The van der Waals surface area contributed by atoms with Crippen LogP contribution in [-0.4, -0.2) is 33.3 Å². The summed E-state index contributed by atoms with van der Waals surface area (Å²) in [6, 6.07) is 9.19. The Hall–Kier alpha value is -2.28. The molecule has 22 heavy (non-hydrogen) atoms. The van der Waals surface area contributed by atoms with E-state index in [0.29, 0.717) is 18.5 Å². The van der Waals surface area contributed by atoms with Gasteiger partial charge in [0.2, 0.25) is 0 Å². The van der Waals surface area contributed by atoms with E-state index in [9.17, 15) is 9.50 Å². The molecular formula is C17H14BFN2O. The van der Waals surface area contributed by atoms with Crippen LogP contribution >= 0.6 is 0 Å². The number of hydrogen-bond acceptors (Lipinski definition) is 2. The second-order valence-corrected chi connectivity index (χ2v) is 5.49. The maximum absolute atomic E-state index is 14.6. The zero-order valence-corrected chi connectivity index (χ0v) is 12.0. The van der Waals surface area contributed by atoms with Crippen LogP contribution in [-0.2, 0) is 6.54 Å². The summed E-state index contributed by atoms with van der Waals surface area (Å²) >= 11 is 0. The molecule has 5 heteroatoms. The summed E-state index contributed by atoms with van der Waals surface area (Å²) in [4.78, 5) is 3.94. The van der Waals surface area contributed by atoms with E-state index in [0.717, 1.165) is 5.56 Å². The van der Waals surface area contributed by atoms with Crippen molar-refractivity contribution in [2.24, 2.45) is 0 Å². The minimum atomic E-state index is -1.78. The molecule has 1 N–H and O–H groups in total. The first-order chi connectivity index (χ1) is 10.6. The molecule has 1 saturated carbocycles. The van der Waals surface area contributed by atoms with Crippen LogP contribution in [0.4, 0.5) is 4.39 Å². The van der Waals surface area contributed by atoms with Crippen LogP contribution in [0.1, 0.15) is 24.1 Å². The average Bonchev–Trinajstić information content (AvgIpc) is 3.14. The van der Waals surface area contributed by atoms with Crippen molar-refractivity contribution in [2.45, 2.75) is 30.7 Å². The summed E-state index contributed by atoms with van der Waals surface area (Å²) in [5, 5.41) is 10.8. The Morgan fingerprint density at radius 3 is 2.73 bits per heavy atom. The molecule has 0 saturated heterocycles. The standard InChI is InChI=1S/C17H14BFN2O/c18-10-15-11-20-13-21(15)12-17(22,16(19)8-9-16)7-6-14-4-2-1-3-5-14/h1-5,11,13,22H,8-9,12H2. The van der Waals surface area contributed by atoms with E-state index < -0.39 is 11.3 Å². The molecule has 1 aromatic heterocycles. The number of rotatable bonds is 3. The summed E-state index contributed by atoms with van der Waals surface area (Å²) < 4.78 is 16.2. The van der Waals surface area contributed by atoms with Gasteiger partial charge in [-0.05, 0) is 0 Å². The fourth-order valence-corrected chi connectivity index (χ4v) is 2.33. The van der Waals surface area contributed by atoms with Gasteiger partial charge in [-0.25, -0.2) is 0 Å². The summed E-state index contributed by atoms with van der Waals surface area (Å²) in [5.41, 5.74) is -2.25. The molecular weight excluding hydrogens is 278 g/mol. The van der Waals surface area contributed by atoms with Crippen LogP contribution in [0.15, 0.2) is 42.9 Å². The van der Waals surface area contributed by atoms with Gasteiger partial charge in [0.25, 0.3) is 0 Å². The number of nitrogens with zero attached hydrogens (tertiary/aromatic N) is 2. The quantitative estimate of drug-likeness (QED) is 0.690. The van der Waals surface area contributed by atoms with E-state index in [-0.39, 0.29) is 6.54 Å². The number of halogens is 1. The van der Waals surface area contributed by atoms with Crippen molar-refractivity contribution in [2.75, 3.05) is 0 Å². The van der Waals surface area contributed by atoms with Crippen molar-refractivity contribution in [1.29, 1.82) is 0 Å². The predicted molar refractivity (Wildman–Crippen MR) is 82.3 cm³/mol. The normalized spacial score (nSPS) is 17.8. The third-order valence-electron chi connectivity index (χ3n) is 3.88. The predicted octanol–water partition coefficient (Wildman–Crippen LogP) is 1.64. The fourth-order valence-electron chi connectivity index (χ4n) is 2.33. The Labute approximate surface area is 129 Å². The van der Waals surface area contributed by atoms with Crippen molar-refractivity contribution in [3.8, 4) is 17.6 Å². The van der Waals surface area contributed by atoms with Gasteiger partial charge in [0.15, 0.2) is 0 Å². The molecule has 108 valence electrons. The number of imidazole rings is 1. The molecule has 0 radical (unpaired) electrons. The van der Waals surface area contributed by atoms with Gasteiger partial charge in [-0.3, -0.25) is 0 Å². The van der Waals surface area contributed by atoms with Gasteiger partial charge in [0.05, 0.1) is 0 Å². The van der Waals surface area contributed by atoms with E-state index >= 15 is 0 Å². The minimum absolute atomic E-state index is 0.0388. The number of benzene rings is 1. The molecule has 1 heterocycles. The maximum atomic E-state index is 14.6. The number of alkyl halides is 1. The van der Waals surface area contributed by atoms with Crippen molar-refractivity contribution >= 4 is 7.33 Å². The summed E-state index contributed by atoms with van der Waals surface area (Å²) in [5.74, 6) is 8.04. The van der Waals surface area contributed by atoms with Crippen LogP contribution in [0.3, 0.4) is 0 Å². The third-order valence-corrected chi connectivity index (χ3v) is 3.88. The van der Waals surface area contributed by atoms with Crippen molar-refractivity contribution in [3.63, 3.8) is 0 Å². The molecule has 1 fully saturated rings. The summed E-state index contributed by atoms with van der Waals surface area (Å²) in [7, 11) is 5.38. The van der Waals surface area contributed by atoms with E-state index in [1.54, 1.807) is 4.57 Å². The first-order valence-corrected chi connectivity index (χ1v) is 7.03. The van der Waals surface area contributed by atoms with E-state index in [2.05, 4.69) is 22.6 Å². The van der Waals surface area contributed by atoms with Gasteiger partial charge in [-0.2, -0.15) is 0 Å². The summed E-state index contributed by atoms with van der Waals surface area (Å²) in [6.07, 6.45) is 3.58. The van der Waals surface area contributed by atoms with Crippen LogP contribution < -0.4 is 0 Å². The number of hydrogen-bond donors (Lipinski definition) is 1. The molecule has 3 rings (SSSR count). The molecule has 1 unspecified atom stereocenters. The number of aliphatic hydroxyl groups is 1. The summed E-state index contributed by atoms with van der Waals surface area (Å²) in [6.45, 7) is -0.0388. The molecule has 0 spiro atoms. The van der Waals surface area contributed by atoms with Crippen LogP contribution in [0.25, 0.3) is 0 Å². The Bertz CT molecular complexity index is 780. The van der Waals surface area contributed by atoms with Crippen LogP contribution in [0, 0.1) is 17.6 Å². The second-order valence-electron chi connectivity index (χ2n) is 5.49. The Balaban J connectivity index is 1.93. The Morgan fingerprint density at radius 1 is 1.36 bits per heavy atom. The van der Waals surface area contributed by atoms with Crippen molar-refractivity contribution in [3.05, 3.63) is 54.1 Å².